The Labute approximate surface area is 168 Å². The highest BCUT2D eigenvalue weighted by Gasteiger charge is 2.21. The number of anilines is 1. The number of ether oxygens (including phenoxy) is 3. The molecule has 0 fully saturated rings. The van der Waals surface area contributed by atoms with Crippen LogP contribution < -0.4 is 19.5 Å². The number of sulfonamides is 1. The third-order valence-electron chi connectivity index (χ3n) is 3.83. The minimum atomic E-state index is -3.47. The molecule has 0 bridgehead atoms. The van der Waals surface area contributed by atoms with E-state index in [9.17, 15) is 18.0 Å². The fraction of sp³-hybridized carbons (Fsp3) is 0.263. The maximum atomic E-state index is 12.1. The second kappa shape index (κ2) is 8.82. The predicted octanol–water partition coefficient (Wildman–Crippen LogP) is 1.17. The molecular formula is C19H20N2O7S. The Balaban J connectivity index is 1.45. The van der Waals surface area contributed by atoms with Gasteiger partial charge in [-0.25, -0.2) is 13.2 Å². The number of fused-ring (bicyclic) bond motifs is 1. The Morgan fingerprint density at radius 3 is 2.66 bits per heavy atom. The molecule has 1 heterocycles. The quantitative estimate of drug-likeness (QED) is 0.645. The van der Waals surface area contributed by atoms with Crippen LogP contribution in [0.5, 0.6) is 11.5 Å². The Bertz CT molecular complexity index is 1010. The molecule has 1 unspecified atom stereocenters. The monoisotopic (exact) mass is 420 g/mol. The first-order valence-electron chi connectivity index (χ1n) is 8.70. The summed E-state index contributed by atoms with van der Waals surface area (Å²) < 4.78 is 41.1. The SMILES string of the molecule is CS(=O)(=O)Nc1cccc(C(=O)OCC(=O)NCC2COc3ccccc3O2)c1. The maximum Gasteiger partial charge on any atom is 0.338 e. The number of carbonyl (C=O) groups is 2. The molecule has 0 aliphatic carbocycles. The van der Waals surface area contributed by atoms with Gasteiger partial charge in [0.2, 0.25) is 10.0 Å². The van der Waals surface area contributed by atoms with Gasteiger partial charge in [0.15, 0.2) is 18.1 Å². The molecule has 0 saturated carbocycles. The van der Waals surface area contributed by atoms with Crippen LogP contribution in [0.1, 0.15) is 10.4 Å². The van der Waals surface area contributed by atoms with Crippen molar-refractivity contribution in [3.05, 3.63) is 54.1 Å². The van der Waals surface area contributed by atoms with Gasteiger partial charge >= 0.3 is 5.97 Å². The van der Waals surface area contributed by atoms with Gasteiger partial charge in [0.1, 0.15) is 12.7 Å². The summed E-state index contributed by atoms with van der Waals surface area (Å²) in [7, 11) is -3.47. The highest BCUT2D eigenvalue weighted by atomic mass is 32.2. The first-order chi connectivity index (χ1) is 13.8. The molecule has 1 aliphatic heterocycles. The van der Waals surface area contributed by atoms with Crippen molar-refractivity contribution in [1.29, 1.82) is 0 Å². The Morgan fingerprint density at radius 2 is 1.90 bits per heavy atom. The van der Waals surface area contributed by atoms with Gasteiger partial charge in [-0.1, -0.05) is 18.2 Å². The zero-order valence-corrected chi connectivity index (χ0v) is 16.4. The van der Waals surface area contributed by atoms with E-state index in [1.165, 1.54) is 24.3 Å². The summed E-state index contributed by atoms with van der Waals surface area (Å²) >= 11 is 0. The van der Waals surface area contributed by atoms with Gasteiger partial charge in [0.25, 0.3) is 5.91 Å². The molecule has 0 spiro atoms. The Kier molecular flexibility index (Phi) is 6.23. The zero-order chi connectivity index (χ0) is 20.9. The number of hydrogen-bond acceptors (Lipinski definition) is 7. The van der Waals surface area contributed by atoms with E-state index >= 15 is 0 Å². The van der Waals surface area contributed by atoms with Crippen molar-refractivity contribution >= 4 is 27.6 Å². The van der Waals surface area contributed by atoms with Crippen molar-refractivity contribution in [2.24, 2.45) is 0 Å². The van der Waals surface area contributed by atoms with E-state index in [0.717, 1.165) is 6.26 Å². The molecule has 0 radical (unpaired) electrons. The van der Waals surface area contributed by atoms with E-state index in [1.54, 1.807) is 12.1 Å². The number of hydrogen-bond donors (Lipinski definition) is 2. The van der Waals surface area contributed by atoms with E-state index in [4.69, 9.17) is 14.2 Å². The molecule has 2 aromatic rings. The molecule has 1 aliphatic rings. The van der Waals surface area contributed by atoms with E-state index in [-0.39, 0.29) is 30.5 Å². The highest BCUT2D eigenvalue weighted by molar-refractivity contribution is 7.92. The Morgan fingerprint density at radius 1 is 1.14 bits per heavy atom. The van der Waals surface area contributed by atoms with Crippen LogP contribution in [-0.2, 0) is 19.6 Å². The number of para-hydroxylation sites is 2. The molecule has 154 valence electrons. The lowest BCUT2D eigenvalue weighted by Gasteiger charge is -2.26. The summed E-state index contributed by atoms with van der Waals surface area (Å²) in [5.74, 6) is 0.0123. The molecule has 0 saturated heterocycles. The Hall–Kier alpha value is -3.27. The summed E-state index contributed by atoms with van der Waals surface area (Å²) in [5, 5.41) is 2.62. The van der Waals surface area contributed by atoms with E-state index in [1.807, 2.05) is 12.1 Å². The van der Waals surface area contributed by atoms with Gasteiger partial charge in [-0.2, -0.15) is 0 Å². The smallest absolute Gasteiger partial charge is 0.338 e. The zero-order valence-electron chi connectivity index (χ0n) is 15.6. The van der Waals surface area contributed by atoms with Gasteiger partial charge in [-0.15, -0.1) is 0 Å². The van der Waals surface area contributed by atoms with E-state index < -0.39 is 28.5 Å². The van der Waals surface area contributed by atoms with Gasteiger partial charge in [-0.3, -0.25) is 9.52 Å². The molecule has 9 nitrogen and oxygen atoms in total. The van der Waals surface area contributed by atoms with Crippen LogP contribution in [0.15, 0.2) is 48.5 Å². The molecule has 2 aromatic carbocycles. The van der Waals surface area contributed by atoms with Crippen LogP contribution in [0.25, 0.3) is 0 Å². The average Bonchev–Trinajstić information content (AvgIpc) is 2.69. The van der Waals surface area contributed by atoms with Crippen molar-refractivity contribution in [2.75, 3.05) is 30.7 Å². The number of rotatable bonds is 7. The lowest BCUT2D eigenvalue weighted by molar-refractivity contribution is -0.124. The standard InChI is InChI=1S/C19H20N2O7S/c1-29(24,25)21-14-6-4-5-13(9-14)19(23)27-12-18(22)20-10-15-11-26-16-7-2-3-8-17(16)28-15/h2-9,15,21H,10-12H2,1H3,(H,20,22). The summed E-state index contributed by atoms with van der Waals surface area (Å²) in [4.78, 5) is 24.0. The number of nitrogens with one attached hydrogen (secondary N) is 2. The van der Waals surface area contributed by atoms with Crippen molar-refractivity contribution in [3.63, 3.8) is 0 Å². The minimum absolute atomic E-state index is 0.118. The highest BCUT2D eigenvalue weighted by Crippen LogP contribution is 2.30. The molecular weight excluding hydrogens is 400 g/mol. The van der Waals surface area contributed by atoms with Crippen molar-refractivity contribution in [2.45, 2.75) is 6.10 Å². The second-order valence-electron chi connectivity index (χ2n) is 6.33. The fourth-order valence-corrected chi connectivity index (χ4v) is 3.14. The normalized spacial score (nSPS) is 15.3. The molecule has 29 heavy (non-hydrogen) atoms. The number of amides is 1. The van der Waals surface area contributed by atoms with Gasteiger partial charge in [0.05, 0.1) is 18.4 Å². The minimum Gasteiger partial charge on any atom is -0.486 e. The fourth-order valence-electron chi connectivity index (χ4n) is 2.58. The number of benzene rings is 2. The molecule has 2 N–H and O–H groups in total. The topological polar surface area (TPSA) is 120 Å². The van der Waals surface area contributed by atoms with Crippen molar-refractivity contribution in [3.8, 4) is 11.5 Å². The molecule has 0 aromatic heterocycles. The summed E-state index contributed by atoms with van der Waals surface area (Å²) in [6.07, 6.45) is 0.644. The van der Waals surface area contributed by atoms with Crippen LogP contribution in [-0.4, -0.2) is 52.4 Å². The third-order valence-corrected chi connectivity index (χ3v) is 4.44. The summed E-state index contributed by atoms with van der Waals surface area (Å²) in [6.45, 7) is 0.00240. The average molecular weight is 420 g/mol. The first kappa shape index (κ1) is 20.5. The van der Waals surface area contributed by atoms with Crippen LogP contribution >= 0.6 is 0 Å². The molecule has 10 heteroatoms. The number of carbonyl (C=O) groups excluding carboxylic acids is 2. The van der Waals surface area contributed by atoms with Crippen molar-refractivity contribution < 1.29 is 32.2 Å². The maximum absolute atomic E-state index is 12.1. The number of esters is 1. The van der Waals surface area contributed by atoms with Crippen LogP contribution in [0.3, 0.4) is 0 Å². The summed E-state index contributed by atoms with van der Waals surface area (Å²) in [6, 6.07) is 13.0. The van der Waals surface area contributed by atoms with Crippen molar-refractivity contribution in [1.82, 2.24) is 5.32 Å². The van der Waals surface area contributed by atoms with Gasteiger partial charge in [-0.05, 0) is 30.3 Å². The molecule has 1 atom stereocenters. The molecule has 3 rings (SSSR count). The van der Waals surface area contributed by atoms with Gasteiger partial charge < -0.3 is 19.5 Å². The predicted molar refractivity (Wildman–Crippen MR) is 105 cm³/mol. The second-order valence-corrected chi connectivity index (χ2v) is 8.08. The van der Waals surface area contributed by atoms with Crippen LogP contribution in [0.2, 0.25) is 0 Å². The third kappa shape index (κ3) is 6.11. The summed E-state index contributed by atoms with van der Waals surface area (Å²) in [5.41, 5.74) is 0.341. The van der Waals surface area contributed by atoms with E-state index in [2.05, 4.69) is 10.0 Å². The van der Waals surface area contributed by atoms with Crippen LogP contribution in [0.4, 0.5) is 5.69 Å². The lowest BCUT2D eigenvalue weighted by atomic mass is 10.2. The first-order valence-corrected chi connectivity index (χ1v) is 10.6. The van der Waals surface area contributed by atoms with E-state index in [0.29, 0.717) is 11.5 Å². The van der Waals surface area contributed by atoms with Crippen LogP contribution in [0, 0.1) is 0 Å². The lowest BCUT2D eigenvalue weighted by Crippen LogP contribution is -2.42. The largest absolute Gasteiger partial charge is 0.486 e. The van der Waals surface area contributed by atoms with Gasteiger partial charge in [0, 0.05) is 5.69 Å². The molecule has 1 amide bonds.